The molecule has 0 saturated carbocycles. The molecule has 0 aliphatic carbocycles. The Hall–Kier alpha value is -3.62. The minimum absolute atomic E-state index is 0.0128. The van der Waals surface area contributed by atoms with E-state index in [0.29, 0.717) is 19.0 Å². The maximum atomic E-state index is 12.5. The van der Waals surface area contributed by atoms with Crippen molar-refractivity contribution in [2.75, 3.05) is 22.6 Å². The number of carbonyl (C=O) groups is 1. The number of ether oxygens (including phenoxy) is 1. The maximum absolute atomic E-state index is 12.5. The summed E-state index contributed by atoms with van der Waals surface area (Å²) >= 11 is 0. The number of amides is 1. The van der Waals surface area contributed by atoms with E-state index in [9.17, 15) is 4.79 Å². The van der Waals surface area contributed by atoms with Crippen molar-refractivity contribution in [3.05, 3.63) is 53.6 Å². The molecule has 4 heterocycles. The van der Waals surface area contributed by atoms with E-state index in [-0.39, 0.29) is 24.0 Å². The van der Waals surface area contributed by atoms with Crippen molar-refractivity contribution in [3.8, 4) is 5.88 Å². The van der Waals surface area contributed by atoms with Gasteiger partial charge in [-0.05, 0) is 32.8 Å². The SMILES string of the molecule is Cc1nc(NCc2cnn(Cc3cccc(OC(C)C)n3)c2)cc2c1NC(=O)[C@H](C(C)C)N2C. The fourth-order valence-corrected chi connectivity index (χ4v) is 4.25. The summed E-state index contributed by atoms with van der Waals surface area (Å²) in [5.74, 6) is 1.59. The van der Waals surface area contributed by atoms with Gasteiger partial charge in [-0.2, -0.15) is 5.10 Å². The van der Waals surface area contributed by atoms with Crippen LogP contribution in [0.5, 0.6) is 5.88 Å². The highest BCUT2D eigenvalue weighted by molar-refractivity contribution is 6.04. The number of nitrogens with zero attached hydrogens (tertiary/aromatic N) is 5. The molecule has 4 rings (SSSR count). The number of carbonyl (C=O) groups excluding carboxylic acids is 1. The van der Waals surface area contributed by atoms with Crippen molar-refractivity contribution in [1.29, 1.82) is 0 Å². The highest BCUT2D eigenvalue weighted by atomic mass is 16.5. The Bertz CT molecular complexity index is 1170. The number of hydrogen-bond donors (Lipinski definition) is 2. The second-order valence-electron chi connectivity index (χ2n) is 9.31. The van der Waals surface area contributed by atoms with E-state index in [1.165, 1.54) is 0 Å². The Balaban J connectivity index is 1.43. The van der Waals surface area contributed by atoms with Crippen LogP contribution in [0.1, 0.15) is 44.6 Å². The average molecular weight is 464 g/mol. The van der Waals surface area contributed by atoms with Gasteiger partial charge in [-0.1, -0.05) is 19.9 Å². The molecule has 0 bridgehead atoms. The van der Waals surface area contributed by atoms with Crippen LogP contribution in [0.15, 0.2) is 36.7 Å². The molecule has 0 fully saturated rings. The van der Waals surface area contributed by atoms with Crippen molar-refractivity contribution in [2.24, 2.45) is 5.92 Å². The van der Waals surface area contributed by atoms with Crippen LogP contribution in [-0.4, -0.2) is 44.8 Å². The Morgan fingerprint density at radius 1 is 1.21 bits per heavy atom. The number of pyridine rings is 2. The standard InChI is InChI=1S/C25H33N7O2/c1-15(2)24-25(33)30-23-17(5)28-21(10-20(23)31(24)6)26-11-18-12-27-32(13-18)14-19-8-7-9-22(29-19)34-16(3)4/h7-10,12-13,15-16,24H,11,14H2,1-6H3,(H,26,28)(H,30,33)/t24-/m0/s1. The van der Waals surface area contributed by atoms with Crippen molar-refractivity contribution < 1.29 is 9.53 Å². The Morgan fingerprint density at radius 2 is 2.00 bits per heavy atom. The predicted molar refractivity (Wildman–Crippen MR) is 133 cm³/mol. The molecule has 3 aromatic rings. The summed E-state index contributed by atoms with van der Waals surface area (Å²) in [4.78, 5) is 23.8. The summed E-state index contributed by atoms with van der Waals surface area (Å²) in [6, 6.07) is 7.55. The van der Waals surface area contributed by atoms with E-state index in [1.807, 2.05) is 74.1 Å². The minimum Gasteiger partial charge on any atom is -0.475 e. The number of fused-ring (bicyclic) bond motifs is 1. The average Bonchev–Trinajstić information content (AvgIpc) is 3.20. The minimum atomic E-state index is -0.210. The smallest absolute Gasteiger partial charge is 0.247 e. The molecule has 1 aliphatic heterocycles. The number of aryl methyl sites for hydroxylation is 1. The molecule has 3 aromatic heterocycles. The Labute approximate surface area is 200 Å². The van der Waals surface area contributed by atoms with Crippen LogP contribution in [0.25, 0.3) is 0 Å². The van der Waals surface area contributed by atoms with E-state index in [4.69, 9.17) is 4.74 Å². The van der Waals surface area contributed by atoms with E-state index in [0.717, 1.165) is 34.1 Å². The van der Waals surface area contributed by atoms with Crippen LogP contribution in [-0.2, 0) is 17.9 Å². The zero-order valence-corrected chi connectivity index (χ0v) is 20.7. The molecule has 2 N–H and O–H groups in total. The van der Waals surface area contributed by atoms with Crippen LogP contribution in [0.3, 0.4) is 0 Å². The molecule has 0 saturated heterocycles. The largest absolute Gasteiger partial charge is 0.475 e. The monoisotopic (exact) mass is 463 g/mol. The second kappa shape index (κ2) is 9.70. The van der Waals surface area contributed by atoms with E-state index >= 15 is 0 Å². The van der Waals surface area contributed by atoms with Gasteiger partial charge >= 0.3 is 0 Å². The molecular weight excluding hydrogens is 430 g/mol. The van der Waals surface area contributed by atoms with Gasteiger partial charge in [0.2, 0.25) is 11.8 Å². The molecule has 1 atom stereocenters. The molecule has 9 nitrogen and oxygen atoms in total. The lowest BCUT2D eigenvalue weighted by atomic mass is 9.98. The lowest BCUT2D eigenvalue weighted by molar-refractivity contribution is -0.118. The number of anilines is 3. The molecule has 34 heavy (non-hydrogen) atoms. The van der Waals surface area contributed by atoms with Crippen molar-refractivity contribution in [2.45, 2.75) is 59.9 Å². The normalized spacial score (nSPS) is 15.5. The van der Waals surface area contributed by atoms with Gasteiger partial charge in [-0.25, -0.2) is 9.97 Å². The third-order valence-corrected chi connectivity index (χ3v) is 5.75. The molecule has 9 heteroatoms. The summed E-state index contributed by atoms with van der Waals surface area (Å²) < 4.78 is 7.54. The number of nitrogens with one attached hydrogen (secondary N) is 2. The van der Waals surface area contributed by atoms with Crippen LogP contribution < -0.4 is 20.3 Å². The van der Waals surface area contributed by atoms with Crippen LogP contribution in [0.2, 0.25) is 0 Å². The third-order valence-electron chi connectivity index (χ3n) is 5.75. The van der Waals surface area contributed by atoms with Crippen molar-refractivity contribution in [3.63, 3.8) is 0 Å². The summed E-state index contributed by atoms with van der Waals surface area (Å²) in [6.45, 7) is 11.1. The van der Waals surface area contributed by atoms with E-state index < -0.39 is 0 Å². The lowest BCUT2D eigenvalue weighted by Crippen LogP contribution is -2.49. The molecule has 0 aromatic carbocycles. The molecule has 1 amide bonds. The first-order chi connectivity index (χ1) is 16.2. The molecule has 0 spiro atoms. The Morgan fingerprint density at radius 3 is 2.74 bits per heavy atom. The highest BCUT2D eigenvalue weighted by Gasteiger charge is 2.34. The first kappa shape index (κ1) is 23.5. The summed E-state index contributed by atoms with van der Waals surface area (Å²) in [5, 5.41) is 10.9. The predicted octanol–water partition coefficient (Wildman–Crippen LogP) is 3.84. The van der Waals surface area contributed by atoms with Crippen LogP contribution >= 0.6 is 0 Å². The summed E-state index contributed by atoms with van der Waals surface area (Å²) in [5.41, 5.74) is 4.45. The maximum Gasteiger partial charge on any atom is 0.247 e. The fourth-order valence-electron chi connectivity index (χ4n) is 4.25. The Kier molecular flexibility index (Phi) is 6.72. The molecule has 0 unspecified atom stereocenters. The van der Waals surface area contributed by atoms with Gasteiger partial charge in [0, 0.05) is 37.5 Å². The van der Waals surface area contributed by atoms with Crippen LogP contribution in [0, 0.1) is 12.8 Å². The fraction of sp³-hybridized carbons (Fsp3) is 0.440. The number of aromatic nitrogens is 4. The molecular formula is C25H33N7O2. The van der Waals surface area contributed by atoms with E-state index in [1.54, 1.807) is 0 Å². The van der Waals surface area contributed by atoms with Gasteiger partial charge in [0.05, 0.1) is 41.6 Å². The number of likely N-dealkylation sites (N-methyl/N-ethyl adjacent to an activating group) is 1. The van der Waals surface area contributed by atoms with Gasteiger partial charge in [0.25, 0.3) is 0 Å². The van der Waals surface area contributed by atoms with Gasteiger partial charge in [0.1, 0.15) is 11.9 Å². The second-order valence-corrected chi connectivity index (χ2v) is 9.31. The summed E-state index contributed by atoms with van der Waals surface area (Å²) in [6.07, 6.45) is 3.92. The van der Waals surface area contributed by atoms with Crippen molar-refractivity contribution >= 4 is 23.1 Å². The highest BCUT2D eigenvalue weighted by Crippen LogP contribution is 2.36. The molecule has 180 valence electrons. The van der Waals surface area contributed by atoms with Gasteiger partial charge in [-0.3, -0.25) is 9.48 Å². The third kappa shape index (κ3) is 5.13. The first-order valence-electron chi connectivity index (χ1n) is 11.6. The molecule has 0 radical (unpaired) electrons. The molecule has 1 aliphatic rings. The number of rotatable bonds is 8. The topological polar surface area (TPSA) is 97.2 Å². The van der Waals surface area contributed by atoms with Gasteiger partial charge in [-0.15, -0.1) is 0 Å². The lowest BCUT2D eigenvalue weighted by Gasteiger charge is -2.38. The number of hydrogen-bond acceptors (Lipinski definition) is 7. The van der Waals surface area contributed by atoms with Gasteiger partial charge in [0.15, 0.2) is 0 Å². The van der Waals surface area contributed by atoms with Gasteiger partial charge < -0.3 is 20.3 Å². The van der Waals surface area contributed by atoms with Crippen LogP contribution in [0.4, 0.5) is 17.2 Å². The first-order valence-corrected chi connectivity index (χ1v) is 11.6. The zero-order valence-electron chi connectivity index (χ0n) is 20.7. The van der Waals surface area contributed by atoms with E-state index in [2.05, 4.69) is 39.5 Å². The quantitative estimate of drug-likeness (QED) is 0.524. The summed E-state index contributed by atoms with van der Waals surface area (Å²) in [7, 11) is 1.96. The zero-order chi connectivity index (χ0) is 24.4. The van der Waals surface area contributed by atoms with Crippen molar-refractivity contribution in [1.82, 2.24) is 19.7 Å².